The van der Waals surface area contributed by atoms with Gasteiger partial charge in [-0.1, -0.05) is 71.6 Å². The molecule has 1 saturated heterocycles. The minimum Gasteiger partial charge on any atom is -0.300 e. The third-order valence-electron chi connectivity index (χ3n) is 5.06. The highest BCUT2D eigenvalue weighted by Crippen LogP contribution is 2.21. The quantitative estimate of drug-likeness (QED) is 0.234. The van der Waals surface area contributed by atoms with E-state index in [1.165, 1.54) is 96.6 Å². The van der Waals surface area contributed by atoms with Crippen LogP contribution in [0.15, 0.2) is 0 Å². The molecule has 0 aromatic heterocycles. The first kappa shape index (κ1) is 26.7. The molecule has 0 amide bonds. The van der Waals surface area contributed by atoms with Crippen LogP contribution < -0.4 is 0 Å². The second-order valence-electron chi connectivity index (χ2n) is 7.34. The molecule has 1 aliphatic rings. The van der Waals surface area contributed by atoms with E-state index in [1.807, 2.05) is 0 Å². The van der Waals surface area contributed by atoms with Gasteiger partial charge < -0.3 is 4.90 Å². The second-order valence-corrected chi connectivity index (χ2v) is 8.76. The van der Waals surface area contributed by atoms with E-state index < -0.39 is 15.6 Å². The maximum Gasteiger partial charge on any atom is 0.522 e. The van der Waals surface area contributed by atoms with Crippen molar-refractivity contribution in [2.75, 3.05) is 13.1 Å². The standard InChI is InChI=1S/C18H37N.CHF3O3S/c1-3-5-6-7-8-9-10-11-12-13-16-19-17-14-15-18(19)4-2;2-1(3,4)8(5,6)7/h18H,3-17H2,1-2H3;(H,5,6,7). The summed E-state index contributed by atoms with van der Waals surface area (Å²) in [4.78, 5) is 2.74. The molecule has 0 aromatic carbocycles. The van der Waals surface area contributed by atoms with E-state index in [1.54, 1.807) is 0 Å². The lowest BCUT2D eigenvalue weighted by atomic mass is 10.1. The molecule has 1 heterocycles. The second kappa shape index (κ2) is 14.6. The fourth-order valence-corrected chi connectivity index (χ4v) is 3.45. The fraction of sp³-hybridized carbons (Fsp3) is 1.00. The molecule has 0 aromatic rings. The van der Waals surface area contributed by atoms with Crippen molar-refractivity contribution in [3.63, 3.8) is 0 Å². The number of alkyl halides is 3. The zero-order valence-electron chi connectivity index (χ0n) is 16.9. The first-order valence-electron chi connectivity index (χ1n) is 10.4. The minimum absolute atomic E-state index is 0.915. The first-order valence-corrected chi connectivity index (χ1v) is 11.8. The van der Waals surface area contributed by atoms with Gasteiger partial charge in [0.2, 0.25) is 0 Å². The van der Waals surface area contributed by atoms with Gasteiger partial charge in [-0.15, -0.1) is 0 Å². The third-order valence-corrected chi connectivity index (χ3v) is 5.65. The number of nitrogens with zero attached hydrogens (tertiary/aromatic N) is 1. The van der Waals surface area contributed by atoms with E-state index in [9.17, 15) is 13.2 Å². The highest BCUT2D eigenvalue weighted by molar-refractivity contribution is 7.86. The highest BCUT2D eigenvalue weighted by atomic mass is 32.2. The fourth-order valence-electron chi connectivity index (χ4n) is 3.45. The molecule has 1 fully saturated rings. The van der Waals surface area contributed by atoms with Gasteiger partial charge in [-0.3, -0.25) is 4.55 Å². The van der Waals surface area contributed by atoms with Crippen LogP contribution in [-0.2, 0) is 10.1 Å². The number of hydrogen-bond donors (Lipinski definition) is 1. The van der Waals surface area contributed by atoms with Gasteiger partial charge in [0, 0.05) is 6.04 Å². The number of halogens is 3. The lowest BCUT2D eigenvalue weighted by Gasteiger charge is -2.22. The first-order chi connectivity index (χ1) is 12.6. The Kier molecular flexibility index (Phi) is 14.4. The highest BCUT2D eigenvalue weighted by Gasteiger charge is 2.44. The van der Waals surface area contributed by atoms with Crippen LogP contribution in [0, 0.1) is 0 Å². The molecule has 164 valence electrons. The summed E-state index contributed by atoms with van der Waals surface area (Å²) in [7, 11) is -5.84. The van der Waals surface area contributed by atoms with Gasteiger partial charge in [-0.2, -0.15) is 21.6 Å². The molecule has 0 aliphatic carbocycles. The number of hydrogen-bond acceptors (Lipinski definition) is 3. The van der Waals surface area contributed by atoms with Crippen molar-refractivity contribution in [2.24, 2.45) is 0 Å². The van der Waals surface area contributed by atoms with E-state index >= 15 is 0 Å². The molecule has 0 saturated carbocycles. The minimum atomic E-state index is -5.84. The van der Waals surface area contributed by atoms with Gasteiger partial charge in [0.15, 0.2) is 0 Å². The summed E-state index contributed by atoms with van der Waals surface area (Å²) in [6.45, 7) is 7.38. The van der Waals surface area contributed by atoms with Gasteiger partial charge in [-0.25, -0.2) is 0 Å². The van der Waals surface area contributed by atoms with Crippen molar-refractivity contribution in [1.82, 2.24) is 4.90 Å². The molecule has 1 rings (SSSR count). The topological polar surface area (TPSA) is 57.6 Å². The van der Waals surface area contributed by atoms with E-state index in [0.29, 0.717) is 0 Å². The van der Waals surface area contributed by atoms with E-state index in [4.69, 9.17) is 13.0 Å². The van der Waals surface area contributed by atoms with Crippen LogP contribution in [0.4, 0.5) is 13.2 Å². The Morgan fingerprint density at radius 3 is 1.78 bits per heavy atom. The molecule has 8 heteroatoms. The zero-order chi connectivity index (χ0) is 20.8. The van der Waals surface area contributed by atoms with Gasteiger partial charge in [-0.05, 0) is 38.8 Å². The summed E-state index contributed by atoms with van der Waals surface area (Å²) < 4.78 is 57.5. The molecule has 27 heavy (non-hydrogen) atoms. The van der Waals surface area contributed by atoms with Gasteiger partial charge >= 0.3 is 15.6 Å². The third kappa shape index (κ3) is 13.5. The van der Waals surface area contributed by atoms with Gasteiger partial charge in [0.1, 0.15) is 0 Å². The summed E-state index contributed by atoms with van der Waals surface area (Å²) in [6.07, 6.45) is 18.8. The largest absolute Gasteiger partial charge is 0.522 e. The Balaban J connectivity index is 0.000000713. The average Bonchev–Trinajstić information content (AvgIpc) is 3.03. The van der Waals surface area contributed by atoms with Crippen LogP contribution in [0.2, 0.25) is 0 Å². The van der Waals surface area contributed by atoms with Crippen LogP contribution in [0.5, 0.6) is 0 Å². The molecular formula is C19H38F3NO3S. The lowest BCUT2D eigenvalue weighted by molar-refractivity contribution is -0.0510. The summed E-state index contributed by atoms with van der Waals surface area (Å²) in [5.41, 5.74) is -5.53. The van der Waals surface area contributed by atoms with Crippen LogP contribution in [0.3, 0.4) is 0 Å². The molecule has 1 aliphatic heterocycles. The Morgan fingerprint density at radius 1 is 0.926 bits per heavy atom. The average molecular weight is 418 g/mol. The van der Waals surface area contributed by atoms with Crippen LogP contribution >= 0.6 is 0 Å². The molecule has 1 atom stereocenters. The zero-order valence-corrected chi connectivity index (χ0v) is 17.8. The van der Waals surface area contributed by atoms with Crippen molar-refractivity contribution in [3.8, 4) is 0 Å². The molecule has 0 spiro atoms. The van der Waals surface area contributed by atoms with Crippen LogP contribution in [0.1, 0.15) is 97.3 Å². The molecule has 1 N–H and O–H groups in total. The molecule has 1 unspecified atom stereocenters. The van der Waals surface area contributed by atoms with Crippen molar-refractivity contribution < 1.29 is 26.1 Å². The normalized spacial score (nSPS) is 18.4. The predicted octanol–water partition coefficient (Wildman–Crippen LogP) is 6.18. The van der Waals surface area contributed by atoms with Gasteiger partial charge in [0.25, 0.3) is 0 Å². The van der Waals surface area contributed by atoms with E-state index in [0.717, 1.165) is 6.04 Å². The summed E-state index contributed by atoms with van der Waals surface area (Å²) in [6, 6.07) is 0.915. The molecule has 0 radical (unpaired) electrons. The number of rotatable bonds is 12. The Hall–Kier alpha value is -0.340. The summed E-state index contributed by atoms with van der Waals surface area (Å²) in [5.74, 6) is 0. The molecule has 4 nitrogen and oxygen atoms in total. The van der Waals surface area contributed by atoms with Crippen LogP contribution in [-0.4, -0.2) is 42.5 Å². The smallest absolute Gasteiger partial charge is 0.300 e. The molecular weight excluding hydrogens is 379 g/mol. The van der Waals surface area contributed by atoms with Crippen molar-refractivity contribution in [1.29, 1.82) is 0 Å². The monoisotopic (exact) mass is 417 g/mol. The number of likely N-dealkylation sites (tertiary alicyclic amines) is 1. The van der Waals surface area contributed by atoms with E-state index in [2.05, 4.69) is 18.7 Å². The molecule has 0 bridgehead atoms. The SMILES string of the molecule is CCCCCCCCCCCCN1CCCC1CC.O=S(=O)(O)C(F)(F)F. The maximum atomic E-state index is 10.7. The van der Waals surface area contributed by atoms with Crippen molar-refractivity contribution in [2.45, 2.75) is 109 Å². The predicted molar refractivity (Wildman–Crippen MR) is 104 cm³/mol. The van der Waals surface area contributed by atoms with E-state index in [-0.39, 0.29) is 0 Å². The Morgan fingerprint density at radius 2 is 1.37 bits per heavy atom. The van der Waals surface area contributed by atoms with Crippen molar-refractivity contribution >= 4 is 10.1 Å². The maximum absolute atomic E-state index is 10.7. The Labute approximate surface area is 163 Å². The summed E-state index contributed by atoms with van der Waals surface area (Å²) >= 11 is 0. The van der Waals surface area contributed by atoms with Crippen LogP contribution in [0.25, 0.3) is 0 Å². The van der Waals surface area contributed by atoms with Gasteiger partial charge in [0.05, 0.1) is 0 Å². The lowest BCUT2D eigenvalue weighted by Crippen LogP contribution is -2.29. The Bertz CT molecular complexity index is 456. The number of unbranched alkanes of at least 4 members (excludes halogenated alkanes) is 9. The van der Waals surface area contributed by atoms with Crippen molar-refractivity contribution in [3.05, 3.63) is 0 Å². The summed E-state index contributed by atoms with van der Waals surface area (Å²) in [5, 5.41) is 0.